The van der Waals surface area contributed by atoms with Crippen LogP contribution < -0.4 is 18.9 Å². The van der Waals surface area contributed by atoms with Crippen LogP contribution in [0.4, 0.5) is 0 Å². The topological polar surface area (TPSA) is 12.5 Å². The molecule has 3 heteroatoms. The SMILES string of the molecule is [CH2-]CCCCCOCCN1CCCCC1.[Li+]. The fraction of sp³-hybridized carbons (Fsp3) is 0.923. The van der Waals surface area contributed by atoms with Crippen LogP contribution in [0.2, 0.25) is 0 Å². The zero-order valence-corrected chi connectivity index (χ0v) is 11.0. The van der Waals surface area contributed by atoms with Gasteiger partial charge in [0, 0.05) is 13.2 Å². The first-order valence-electron chi connectivity index (χ1n) is 6.53. The summed E-state index contributed by atoms with van der Waals surface area (Å²) in [4.78, 5) is 2.53. The van der Waals surface area contributed by atoms with Crippen molar-refractivity contribution in [2.75, 3.05) is 32.8 Å². The molecule has 1 saturated heterocycles. The first-order chi connectivity index (χ1) is 7.43. The van der Waals surface area contributed by atoms with E-state index in [9.17, 15) is 0 Å². The second kappa shape index (κ2) is 12.0. The van der Waals surface area contributed by atoms with Gasteiger partial charge >= 0.3 is 18.9 Å². The monoisotopic (exact) mass is 219 g/mol. The zero-order valence-electron chi connectivity index (χ0n) is 11.0. The number of likely N-dealkylation sites (tertiary alicyclic amines) is 1. The maximum Gasteiger partial charge on any atom is 1.00 e. The van der Waals surface area contributed by atoms with Gasteiger partial charge in [-0.05, 0) is 32.4 Å². The molecular formula is C13H26LiNO. The van der Waals surface area contributed by atoms with Crippen molar-refractivity contribution in [2.24, 2.45) is 0 Å². The standard InChI is InChI=1S/C13H26NO.Li/c1-2-3-4-8-12-15-13-11-14-9-6-5-7-10-14;/h1-13H2;/q-1;+1. The largest absolute Gasteiger partial charge is 1.00 e. The summed E-state index contributed by atoms with van der Waals surface area (Å²) in [6.45, 7) is 9.39. The van der Waals surface area contributed by atoms with Crippen LogP contribution in [-0.2, 0) is 4.74 Å². The average Bonchev–Trinajstić information content (AvgIpc) is 2.29. The summed E-state index contributed by atoms with van der Waals surface area (Å²) >= 11 is 0. The van der Waals surface area contributed by atoms with Crippen molar-refractivity contribution in [2.45, 2.75) is 44.9 Å². The van der Waals surface area contributed by atoms with Crippen LogP contribution in [0, 0.1) is 6.92 Å². The van der Waals surface area contributed by atoms with E-state index in [2.05, 4.69) is 11.8 Å². The van der Waals surface area contributed by atoms with E-state index in [1.165, 1.54) is 51.6 Å². The summed E-state index contributed by atoms with van der Waals surface area (Å²) in [5, 5.41) is 0. The van der Waals surface area contributed by atoms with Gasteiger partial charge < -0.3 is 16.6 Å². The molecule has 1 aliphatic rings. The van der Waals surface area contributed by atoms with Gasteiger partial charge in [0.25, 0.3) is 0 Å². The third-order valence-corrected chi connectivity index (χ3v) is 3.04. The van der Waals surface area contributed by atoms with Gasteiger partial charge in [0.2, 0.25) is 0 Å². The van der Waals surface area contributed by atoms with E-state index >= 15 is 0 Å². The Morgan fingerprint density at radius 2 is 1.69 bits per heavy atom. The van der Waals surface area contributed by atoms with Crippen molar-refractivity contribution in [3.8, 4) is 0 Å². The molecule has 1 aliphatic heterocycles. The van der Waals surface area contributed by atoms with E-state index in [0.717, 1.165) is 26.2 Å². The first kappa shape index (κ1) is 16.5. The molecule has 0 spiro atoms. The van der Waals surface area contributed by atoms with Crippen LogP contribution in [-0.4, -0.2) is 37.7 Å². The smallest absolute Gasteiger partial charge is 0.380 e. The van der Waals surface area contributed by atoms with Gasteiger partial charge in [-0.15, -0.1) is 0 Å². The van der Waals surface area contributed by atoms with Crippen molar-refractivity contribution in [1.82, 2.24) is 4.90 Å². The third kappa shape index (κ3) is 8.64. The summed E-state index contributed by atoms with van der Waals surface area (Å²) in [5.74, 6) is 0. The Hall–Kier alpha value is 0.517. The van der Waals surface area contributed by atoms with Gasteiger partial charge in [0.15, 0.2) is 0 Å². The number of hydrogen-bond donors (Lipinski definition) is 0. The number of rotatable bonds is 8. The van der Waals surface area contributed by atoms with Crippen LogP contribution in [0.25, 0.3) is 0 Å². The number of nitrogens with zero attached hydrogens (tertiary/aromatic N) is 1. The minimum absolute atomic E-state index is 0. The van der Waals surface area contributed by atoms with Gasteiger partial charge in [-0.1, -0.05) is 19.3 Å². The fourth-order valence-corrected chi connectivity index (χ4v) is 2.04. The maximum atomic E-state index is 5.62. The van der Waals surface area contributed by atoms with Crippen LogP contribution in [0.3, 0.4) is 0 Å². The Kier molecular flexibility index (Phi) is 12.4. The summed E-state index contributed by atoms with van der Waals surface area (Å²) in [6.07, 6.45) is 8.96. The molecule has 1 fully saturated rings. The molecule has 0 aromatic heterocycles. The molecule has 0 N–H and O–H groups in total. The van der Waals surface area contributed by atoms with E-state index in [-0.39, 0.29) is 18.9 Å². The molecule has 0 unspecified atom stereocenters. The summed E-state index contributed by atoms with van der Waals surface area (Å²) in [7, 11) is 0. The van der Waals surface area contributed by atoms with Gasteiger partial charge in [-0.25, -0.2) is 0 Å². The summed E-state index contributed by atoms with van der Waals surface area (Å²) in [5.41, 5.74) is 0. The van der Waals surface area contributed by atoms with E-state index in [4.69, 9.17) is 4.74 Å². The van der Waals surface area contributed by atoms with E-state index in [1.54, 1.807) is 0 Å². The number of ether oxygens (including phenoxy) is 1. The molecule has 2 nitrogen and oxygen atoms in total. The molecule has 0 amide bonds. The van der Waals surface area contributed by atoms with Gasteiger partial charge in [-0.2, -0.15) is 6.42 Å². The molecule has 0 atom stereocenters. The minimum Gasteiger partial charge on any atom is -0.380 e. The van der Waals surface area contributed by atoms with Crippen molar-refractivity contribution >= 4 is 0 Å². The van der Waals surface area contributed by atoms with Gasteiger partial charge in [-0.3, -0.25) is 0 Å². The third-order valence-electron chi connectivity index (χ3n) is 3.04. The molecule has 0 radical (unpaired) electrons. The molecular weight excluding hydrogens is 193 g/mol. The van der Waals surface area contributed by atoms with E-state index in [0.29, 0.717) is 0 Å². The van der Waals surface area contributed by atoms with Crippen LogP contribution in [0.5, 0.6) is 0 Å². The predicted octanol–water partition coefficient (Wildman–Crippen LogP) is -0.113. The Morgan fingerprint density at radius 3 is 2.38 bits per heavy atom. The maximum absolute atomic E-state index is 5.62. The summed E-state index contributed by atoms with van der Waals surface area (Å²) < 4.78 is 5.62. The normalized spacial score (nSPS) is 17.1. The van der Waals surface area contributed by atoms with Crippen LogP contribution in [0.1, 0.15) is 44.9 Å². The molecule has 1 rings (SSSR count). The number of unbranched alkanes of at least 4 members (excludes halogenated alkanes) is 3. The van der Waals surface area contributed by atoms with Crippen molar-refractivity contribution in [1.29, 1.82) is 0 Å². The van der Waals surface area contributed by atoms with Crippen LogP contribution in [0.15, 0.2) is 0 Å². The summed E-state index contributed by atoms with van der Waals surface area (Å²) in [6, 6.07) is 0. The second-order valence-corrected chi connectivity index (χ2v) is 4.43. The van der Waals surface area contributed by atoms with Crippen molar-refractivity contribution < 1.29 is 23.6 Å². The van der Waals surface area contributed by atoms with E-state index in [1.807, 2.05) is 0 Å². The molecule has 0 saturated carbocycles. The molecule has 1 heterocycles. The molecule has 0 aromatic carbocycles. The fourth-order valence-electron chi connectivity index (χ4n) is 2.04. The zero-order chi connectivity index (χ0) is 10.8. The number of piperidine rings is 1. The first-order valence-corrected chi connectivity index (χ1v) is 6.53. The van der Waals surface area contributed by atoms with E-state index < -0.39 is 0 Å². The predicted molar refractivity (Wildman–Crippen MR) is 64.9 cm³/mol. The molecule has 0 bridgehead atoms. The Bertz CT molecular complexity index is 138. The Balaban J connectivity index is 0.00000225. The quantitative estimate of drug-likeness (QED) is 0.321. The van der Waals surface area contributed by atoms with Crippen molar-refractivity contribution in [3.63, 3.8) is 0 Å². The minimum atomic E-state index is 0. The van der Waals surface area contributed by atoms with Crippen molar-refractivity contribution in [3.05, 3.63) is 6.92 Å². The molecule has 0 aliphatic carbocycles. The van der Waals surface area contributed by atoms with Gasteiger partial charge in [0.1, 0.15) is 0 Å². The molecule has 0 aromatic rings. The Labute approximate surface area is 113 Å². The van der Waals surface area contributed by atoms with Gasteiger partial charge in [0.05, 0.1) is 6.61 Å². The molecule has 90 valence electrons. The second-order valence-electron chi connectivity index (χ2n) is 4.43. The van der Waals surface area contributed by atoms with Crippen LogP contribution >= 0.6 is 0 Å². The average molecular weight is 219 g/mol. The Morgan fingerprint density at radius 1 is 0.938 bits per heavy atom. The molecule has 16 heavy (non-hydrogen) atoms. The number of hydrogen-bond acceptors (Lipinski definition) is 2.